The average molecular weight is 232 g/mol. The van der Waals surface area contributed by atoms with Crippen LogP contribution in [0.2, 0.25) is 0 Å². The highest BCUT2D eigenvalue weighted by molar-refractivity contribution is 5.34. The normalized spacial score (nSPS) is 9.06. The van der Waals surface area contributed by atoms with Gasteiger partial charge < -0.3 is 4.74 Å². The Morgan fingerprint density at radius 3 is 2.12 bits per heavy atom. The van der Waals surface area contributed by atoms with Crippen LogP contribution in [0.1, 0.15) is 26.3 Å². The molecule has 0 spiro atoms. The van der Waals surface area contributed by atoms with E-state index in [0.29, 0.717) is 0 Å². The highest BCUT2D eigenvalue weighted by Gasteiger charge is 1.98. The van der Waals surface area contributed by atoms with Crippen molar-refractivity contribution < 1.29 is 4.74 Å². The summed E-state index contributed by atoms with van der Waals surface area (Å²) in [6.45, 7) is 17.6. The maximum absolute atomic E-state index is 5.59. The molecular weight excluding hydrogens is 208 g/mol. The molecule has 0 radical (unpaired) electrons. The van der Waals surface area contributed by atoms with Gasteiger partial charge in [-0.1, -0.05) is 38.6 Å². The minimum atomic E-state index is 0.786. The van der Waals surface area contributed by atoms with Gasteiger partial charge in [0.25, 0.3) is 0 Å². The summed E-state index contributed by atoms with van der Waals surface area (Å²) < 4.78 is 5.59. The summed E-state index contributed by atoms with van der Waals surface area (Å²) in [5, 5.41) is 0. The Kier molecular flexibility index (Phi) is 12.8. The van der Waals surface area contributed by atoms with Crippen LogP contribution in [0.15, 0.2) is 61.9 Å². The molecule has 1 nitrogen and oxygen atoms in total. The molecule has 1 aromatic carbocycles. The molecule has 1 aromatic rings. The summed E-state index contributed by atoms with van der Waals surface area (Å²) in [5.74, 6) is 1.67. The maximum atomic E-state index is 5.59. The first-order valence-corrected chi connectivity index (χ1v) is 5.80. The number of rotatable bonds is 3. The zero-order valence-corrected chi connectivity index (χ0v) is 11.5. The molecule has 0 bridgehead atoms. The molecular formula is C16H24O. The van der Waals surface area contributed by atoms with Gasteiger partial charge in [-0.25, -0.2) is 0 Å². The first-order valence-electron chi connectivity index (χ1n) is 5.80. The van der Waals surface area contributed by atoms with Crippen molar-refractivity contribution in [2.24, 2.45) is 0 Å². The molecule has 17 heavy (non-hydrogen) atoms. The Morgan fingerprint density at radius 2 is 1.71 bits per heavy atom. The van der Waals surface area contributed by atoms with E-state index in [1.54, 1.807) is 6.08 Å². The molecule has 1 rings (SSSR count). The maximum Gasteiger partial charge on any atom is 0.130 e. The van der Waals surface area contributed by atoms with Crippen LogP contribution in [-0.4, -0.2) is 0 Å². The summed E-state index contributed by atoms with van der Waals surface area (Å²) in [6, 6.07) is 7.91. The van der Waals surface area contributed by atoms with Crippen LogP contribution >= 0.6 is 0 Å². The third-order valence-electron chi connectivity index (χ3n) is 1.81. The Morgan fingerprint density at radius 1 is 1.18 bits per heavy atom. The quantitative estimate of drug-likeness (QED) is 0.391. The average Bonchev–Trinajstić information content (AvgIpc) is 2.42. The SMILES string of the molecule is C=C.C=C/C(=C\C)Oc1ccccc1C.CC. The van der Waals surface area contributed by atoms with Gasteiger partial charge in [0, 0.05) is 0 Å². The molecule has 0 atom stereocenters. The van der Waals surface area contributed by atoms with Crippen molar-refractivity contribution in [3.63, 3.8) is 0 Å². The molecule has 0 N–H and O–H groups in total. The minimum absolute atomic E-state index is 0.786. The van der Waals surface area contributed by atoms with Crippen molar-refractivity contribution in [1.29, 1.82) is 0 Å². The van der Waals surface area contributed by atoms with Crippen molar-refractivity contribution in [2.75, 3.05) is 0 Å². The number of para-hydroxylation sites is 1. The van der Waals surface area contributed by atoms with Crippen molar-refractivity contribution in [3.05, 3.63) is 67.5 Å². The Bertz CT molecular complexity index is 337. The lowest BCUT2D eigenvalue weighted by Gasteiger charge is -2.07. The van der Waals surface area contributed by atoms with Crippen LogP contribution in [0.3, 0.4) is 0 Å². The highest BCUT2D eigenvalue weighted by Crippen LogP contribution is 2.19. The summed E-state index contributed by atoms with van der Waals surface area (Å²) >= 11 is 0. The van der Waals surface area contributed by atoms with E-state index >= 15 is 0 Å². The summed E-state index contributed by atoms with van der Waals surface area (Å²) in [4.78, 5) is 0. The number of benzene rings is 1. The number of hydrogen-bond donors (Lipinski definition) is 0. The fraction of sp³-hybridized carbons (Fsp3) is 0.250. The number of hydrogen-bond acceptors (Lipinski definition) is 1. The van der Waals surface area contributed by atoms with E-state index in [1.165, 1.54) is 0 Å². The molecule has 0 unspecified atom stereocenters. The lowest BCUT2D eigenvalue weighted by Crippen LogP contribution is -1.92. The van der Waals surface area contributed by atoms with Crippen molar-refractivity contribution in [3.8, 4) is 5.75 Å². The Hall–Kier alpha value is -1.76. The third-order valence-corrected chi connectivity index (χ3v) is 1.81. The first kappa shape index (κ1) is 17.6. The summed E-state index contributed by atoms with van der Waals surface area (Å²) in [6.07, 6.45) is 3.59. The van der Waals surface area contributed by atoms with Gasteiger partial charge in [-0.05, 0) is 37.6 Å². The lowest BCUT2D eigenvalue weighted by molar-refractivity contribution is 0.440. The fourth-order valence-corrected chi connectivity index (χ4v) is 1.02. The van der Waals surface area contributed by atoms with Crippen molar-refractivity contribution >= 4 is 0 Å². The van der Waals surface area contributed by atoms with Gasteiger partial charge in [-0.3, -0.25) is 0 Å². The van der Waals surface area contributed by atoms with E-state index in [1.807, 2.05) is 58.0 Å². The number of ether oxygens (including phenoxy) is 1. The predicted octanol–water partition coefficient (Wildman–Crippen LogP) is 5.29. The molecule has 0 aliphatic carbocycles. The second-order valence-corrected chi connectivity index (χ2v) is 2.76. The van der Waals surface area contributed by atoms with Crippen LogP contribution in [-0.2, 0) is 0 Å². The molecule has 0 fully saturated rings. The third kappa shape index (κ3) is 7.18. The van der Waals surface area contributed by atoms with E-state index in [4.69, 9.17) is 4.74 Å². The largest absolute Gasteiger partial charge is 0.457 e. The van der Waals surface area contributed by atoms with Gasteiger partial charge in [-0.15, -0.1) is 13.2 Å². The van der Waals surface area contributed by atoms with Gasteiger partial charge in [0.15, 0.2) is 0 Å². The smallest absolute Gasteiger partial charge is 0.130 e. The molecule has 0 aromatic heterocycles. The van der Waals surface area contributed by atoms with E-state index < -0.39 is 0 Å². The predicted molar refractivity (Wildman–Crippen MR) is 78.4 cm³/mol. The second kappa shape index (κ2) is 12.3. The van der Waals surface area contributed by atoms with Crippen molar-refractivity contribution in [2.45, 2.75) is 27.7 Å². The van der Waals surface area contributed by atoms with E-state index in [0.717, 1.165) is 17.1 Å². The molecule has 0 saturated heterocycles. The first-order chi connectivity index (χ1) is 8.27. The molecule has 94 valence electrons. The molecule has 0 heterocycles. The zero-order chi connectivity index (χ0) is 13.7. The fourth-order valence-electron chi connectivity index (χ4n) is 1.02. The van der Waals surface area contributed by atoms with Crippen molar-refractivity contribution in [1.82, 2.24) is 0 Å². The van der Waals surface area contributed by atoms with Crippen LogP contribution < -0.4 is 4.74 Å². The highest BCUT2D eigenvalue weighted by atomic mass is 16.5. The van der Waals surface area contributed by atoms with Crippen LogP contribution in [0, 0.1) is 6.92 Å². The van der Waals surface area contributed by atoms with Crippen LogP contribution in [0.4, 0.5) is 0 Å². The second-order valence-electron chi connectivity index (χ2n) is 2.76. The Balaban J connectivity index is 0. The van der Waals surface area contributed by atoms with E-state index in [9.17, 15) is 0 Å². The number of aryl methyl sites for hydroxylation is 1. The molecule has 1 heteroatoms. The Labute approximate surface area is 106 Å². The van der Waals surface area contributed by atoms with Crippen LogP contribution in [0.25, 0.3) is 0 Å². The van der Waals surface area contributed by atoms with E-state index in [-0.39, 0.29) is 0 Å². The summed E-state index contributed by atoms with van der Waals surface area (Å²) in [7, 11) is 0. The van der Waals surface area contributed by atoms with Gasteiger partial charge >= 0.3 is 0 Å². The zero-order valence-electron chi connectivity index (χ0n) is 11.5. The molecule has 0 amide bonds. The van der Waals surface area contributed by atoms with Gasteiger partial charge in [0.2, 0.25) is 0 Å². The number of allylic oxidation sites excluding steroid dienone is 2. The molecule has 0 aliphatic rings. The van der Waals surface area contributed by atoms with E-state index in [2.05, 4.69) is 19.7 Å². The lowest BCUT2D eigenvalue weighted by atomic mass is 10.2. The minimum Gasteiger partial charge on any atom is -0.457 e. The van der Waals surface area contributed by atoms with Gasteiger partial charge in [0.1, 0.15) is 11.5 Å². The molecule has 0 aliphatic heterocycles. The van der Waals surface area contributed by atoms with Gasteiger partial charge in [-0.2, -0.15) is 0 Å². The molecule has 0 saturated carbocycles. The topological polar surface area (TPSA) is 9.23 Å². The standard InChI is InChI=1S/C12H14O.C2H6.C2H4/c1-4-11(5-2)13-12-9-7-6-8-10(12)3;2*1-2/h4-9H,1H2,2-3H3;1-2H3;1-2H2/b11-5+;;. The van der Waals surface area contributed by atoms with Crippen LogP contribution in [0.5, 0.6) is 5.75 Å². The monoisotopic (exact) mass is 232 g/mol. The van der Waals surface area contributed by atoms with Gasteiger partial charge in [0.05, 0.1) is 0 Å². The summed E-state index contributed by atoms with van der Waals surface area (Å²) in [5.41, 5.74) is 1.13.